The first-order chi connectivity index (χ1) is 7.20. The summed E-state index contributed by atoms with van der Waals surface area (Å²) in [6.07, 6.45) is 4.83. The summed E-state index contributed by atoms with van der Waals surface area (Å²) in [6.45, 7) is 10.2. The van der Waals surface area contributed by atoms with E-state index in [1.165, 1.54) is 6.20 Å². The lowest BCUT2D eigenvalue weighted by Crippen LogP contribution is -2.12. The lowest BCUT2D eigenvalue weighted by Gasteiger charge is -1.93. The minimum atomic E-state index is 0.204. The second-order valence-corrected chi connectivity index (χ2v) is 2.65. The summed E-state index contributed by atoms with van der Waals surface area (Å²) in [5, 5.41) is 5.48. The van der Waals surface area contributed by atoms with Crippen LogP contribution in [0.5, 0.6) is 0 Å². The van der Waals surface area contributed by atoms with Crippen LogP contribution < -0.4 is 16.4 Å². The molecule has 0 atom stereocenters. The van der Waals surface area contributed by atoms with Gasteiger partial charge in [0.2, 0.25) is 5.91 Å². The normalized spacial score (nSPS) is 13.8. The van der Waals surface area contributed by atoms with Gasteiger partial charge in [-0.25, -0.2) is 0 Å². The number of nitrogens with two attached hydrogens (primary N) is 1. The second-order valence-electron chi connectivity index (χ2n) is 2.65. The standard InChI is InChI=1S/C5H10N2.C4H7NO.C2H6/c1-3-7-5(2)4-6;6-4-2-1-3-5-4;1-2/h3-4,7H,1,6H2,2H3;1-3H2,(H,5,6);1-2H3/b5-4-;;. The molecule has 1 saturated heterocycles. The first-order valence-electron chi connectivity index (χ1n) is 5.23. The van der Waals surface area contributed by atoms with Crippen molar-refractivity contribution < 1.29 is 4.79 Å². The molecule has 1 rings (SSSR count). The summed E-state index contributed by atoms with van der Waals surface area (Å²) in [7, 11) is 0. The fourth-order valence-electron chi connectivity index (χ4n) is 0.774. The highest BCUT2D eigenvalue weighted by Gasteiger charge is 2.05. The quantitative estimate of drug-likeness (QED) is 0.650. The zero-order valence-electron chi connectivity index (χ0n) is 9.97. The number of rotatable bonds is 2. The van der Waals surface area contributed by atoms with Gasteiger partial charge in [-0.3, -0.25) is 4.79 Å². The van der Waals surface area contributed by atoms with Crippen molar-refractivity contribution in [2.24, 2.45) is 5.73 Å². The number of carbonyl (C=O) groups is 1. The van der Waals surface area contributed by atoms with Gasteiger partial charge < -0.3 is 16.4 Å². The molecular formula is C11H23N3O. The Morgan fingerprint density at radius 1 is 1.60 bits per heavy atom. The van der Waals surface area contributed by atoms with Gasteiger partial charge in [-0.15, -0.1) is 0 Å². The molecule has 4 nitrogen and oxygen atoms in total. The molecule has 0 aliphatic carbocycles. The highest BCUT2D eigenvalue weighted by Crippen LogP contribution is 1.93. The van der Waals surface area contributed by atoms with E-state index in [-0.39, 0.29) is 5.91 Å². The Morgan fingerprint density at radius 3 is 2.33 bits per heavy atom. The molecule has 1 aliphatic heterocycles. The summed E-state index contributed by atoms with van der Waals surface area (Å²) in [4.78, 5) is 10.1. The number of hydrogen-bond acceptors (Lipinski definition) is 3. The van der Waals surface area contributed by atoms with Crippen molar-refractivity contribution in [2.45, 2.75) is 33.6 Å². The molecule has 0 unspecified atom stereocenters. The van der Waals surface area contributed by atoms with Gasteiger partial charge in [-0.2, -0.15) is 0 Å². The molecule has 0 bridgehead atoms. The minimum absolute atomic E-state index is 0.204. The summed E-state index contributed by atoms with van der Waals surface area (Å²) in [5.74, 6) is 0.204. The van der Waals surface area contributed by atoms with E-state index in [0.29, 0.717) is 0 Å². The van der Waals surface area contributed by atoms with Crippen LogP contribution in [-0.4, -0.2) is 12.5 Å². The fourth-order valence-corrected chi connectivity index (χ4v) is 0.774. The lowest BCUT2D eigenvalue weighted by molar-refractivity contribution is -0.119. The van der Waals surface area contributed by atoms with Gasteiger partial charge in [0.1, 0.15) is 0 Å². The van der Waals surface area contributed by atoms with E-state index in [2.05, 4.69) is 17.2 Å². The van der Waals surface area contributed by atoms with E-state index in [1.54, 1.807) is 6.20 Å². The summed E-state index contributed by atoms with van der Waals surface area (Å²) in [6, 6.07) is 0. The highest BCUT2D eigenvalue weighted by molar-refractivity contribution is 5.77. The first-order valence-corrected chi connectivity index (χ1v) is 5.23. The summed E-state index contributed by atoms with van der Waals surface area (Å²) < 4.78 is 0. The topological polar surface area (TPSA) is 67.1 Å². The fraction of sp³-hybridized carbons (Fsp3) is 0.545. The SMILES string of the molecule is C=CN/C(C)=C\N.CC.O=C1CCCN1. The highest BCUT2D eigenvalue weighted by atomic mass is 16.1. The minimum Gasteiger partial charge on any atom is -0.403 e. The maximum Gasteiger partial charge on any atom is 0.220 e. The molecule has 1 amide bonds. The van der Waals surface area contributed by atoms with Crippen molar-refractivity contribution in [3.8, 4) is 0 Å². The number of hydrogen-bond donors (Lipinski definition) is 3. The molecule has 4 N–H and O–H groups in total. The molecule has 0 aromatic rings. The molecule has 15 heavy (non-hydrogen) atoms. The van der Waals surface area contributed by atoms with Crippen LogP contribution in [0, 0.1) is 0 Å². The Balaban J connectivity index is 0. The molecule has 0 saturated carbocycles. The second kappa shape index (κ2) is 12.6. The molecule has 1 fully saturated rings. The summed E-state index contributed by atoms with van der Waals surface area (Å²) >= 11 is 0. The summed E-state index contributed by atoms with van der Waals surface area (Å²) in [5.41, 5.74) is 6.00. The van der Waals surface area contributed by atoms with Crippen molar-refractivity contribution in [3.05, 3.63) is 24.7 Å². The van der Waals surface area contributed by atoms with Crippen molar-refractivity contribution in [2.75, 3.05) is 6.54 Å². The van der Waals surface area contributed by atoms with E-state index in [1.807, 2.05) is 20.8 Å². The third-order valence-corrected chi connectivity index (χ3v) is 1.48. The zero-order valence-corrected chi connectivity index (χ0v) is 9.97. The van der Waals surface area contributed by atoms with E-state index in [4.69, 9.17) is 5.73 Å². The monoisotopic (exact) mass is 213 g/mol. The van der Waals surface area contributed by atoms with Gasteiger partial charge in [0.15, 0.2) is 0 Å². The third-order valence-electron chi connectivity index (χ3n) is 1.48. The van der Waals surface area contributed by atoms with Gasteiger partial charge in [0.25, 0.3) is 0 Å². The first kappa shape index (κ1) is 16.0. The number of nitrogens with one attached hydrogen (secondary N) is 2. The van der Waals surface area contributed by atoms with Crippen LogP contribution in [0.1, 0.15) is 33.6 Å². The molecule has 4 heteroatoms. The molecule has 0 radical (unpaired) electrons. The molecule has 0 spiro atoms. The van der Waals surface area contributed by atoms with Crippen molar-refractivity contribution in [1.29, 1.82) is 0 Å². The van der Waals surface area contributed by atoms with E-state index in [0.717, 1.165) is 25.1 Å². The number of carbonyl (C=O) groups excluding carboxylic acids is 1. The Hall–Kier alpha value is -1.45. The Morgan fingerprint density at radius 2 is 2.20 bits per heavy atom. The van der Waals surface area contributed by atoms with Crippen molar-refractivity contribution in [3.63, 3.8) is 0 Å². The predicted molar refractivity (Wildman–Crippen MR) is 64.9 cm³/mol. The van der Waals surface area contributed by atoms with E-state index in [9.17, 15) is 4.79 Å². The van der Waals surface area contributed by atoms with Gasteiger partial charge in [-0.1, -0.05) is 20.4 Å². The number of amides is 1. The molecule has 0 aromatic carbocycles. The Bertz CT molecular complexity index is 192. The van der Waals surface area contributed by atoms with Crippen LogP contribution in [0.2, 0.25) is 0 Å². The average molecular weight is 213 g/mol. The van der Waals surface area contributed by atoms with Crippen LogP contribution >= 0.6 is 0 Å². The predicted octanol–water partition coefficient (Wildman–Crippen LogP) is 1.46. The maximum atomic E-state index is 10.1. The van der Waals surface area contributed by atoms with Crippen LogP contribution in [0.4, 0.5) is 0 Å². The van der Waals surface area contributed by atoms with E-state index < -0.39 is 0 Å². The van der Waals surface area contributed by atoms with Crippen LogP contribution in [-0.2, 0) is 4.79 Å². The molecular weight excluding hydrogens is 190 g/mol. The van der Waals surface area contributed by atoms with Crippen LogP contribution in [0.25, 0.3) is 0 Å². The van der Waals surface area contributed by atoms with Gasteiger partial charge in [0.05, 0.1) is 0 Å². The lowest BCUT2D eigenvalue weighted by atomic mass is 10.4. The Kier molecular flexibility index (Phi) is 13.4. The van der Waals surface area contributed by atoms with Crippen LogP contribution in [0.3, 0.4) is 0 Å². The van der Waals surface area contributed by atoms with Crippen LogP contribution in [0.15, 0.2) is 24.7 Å². The van der Waals surface area contributed by atoms with Crippen molar-refractivity contribution in [1.82, 2.24) is 10.6 Å². The smallest absolute Gasteiger partial charge is 0.220 e. The number of allylic oxidation sites excluding steroid dienone is 1. The molecule has 1 heterocycles. The van der Waals surface area contributed by atoms with Gasteiger partial charge >= 0.3 is 0 Å². The van der Waals surface area contributed by atoms with Gasteiger partial charge in [-0.05, 0) is 19.5 Å². The average Bonchev–Trinajstić information content (AvgIpc) is 2.73. The molecule has 0 aromatic heterocycles. The van der Waals surface area contributed by atoms with E-state index >= 15 is 0 Å². The third kappa shape index (κ3) is 12.5. The maximum absolute atomic E-state index is 10.1. The largest absolute Gasteiger partial charge is 0.403 e. The Labute approximate surface area is 92.6 Å². The molecule has 88 valence electrons. The van der Waals surface area contributed by atoms with Gasteiger partial charge in [0, 0.05) is 24.9 Å². The molecule has 1 aliphatic rings. The van der Waals surface area contributed by atoms with Crippen molar-refractivity contribution >= 4 is 5.91 Å². The zero-order chi connectivity index (χ0) is 12.1.